The van der Waals surface area contributed by atoms with Gasteiger partial charge in [0, 0.05) is 37.8 Å². The number of benzene rings is 1. The predicted octanol–water partition coefficient (Wildman–Crippen LogP) is 3.41. The Bertz CT molecular complexity index is 937. The molecule has 1 N–H and O–H groups in total. The molecule has 1 aromatic carbocycles. The molecule has 1 amide bonds. The van der Waals surface area contributed by atoms with Crippen LogP contribution in [0.4, 0.5) is 10.1 Å². The van der Waals surface area contributed by atoms with Crippen molar-refractivity contribution >= 4 is 22.6 Å². The van der Waals surface area contributed by atoms with Crippen LogP contribution in [0.15, 0.2) is 42.7 Å². The van der Waals surface area contributed by atoms with Gasteiger partial charge in [-0.05, 0) is 38.5 Å². The molecule has 7 heteroatoms. The molecule has 0 radical (unpaired) electrons. The number of hydrogen-bond acceptors (Lipinski definition) is 4. The quantitative estimate of drug-likeness (QED) is 0.648. The van der Waals surface area contributed by atoms with Gasteiger partial charge >= 0.3 is 0 Å². The Morgan fingerprint density at radius 2 is 2.07 bits per heavy atom. The minimum atomic E-state index is -0.245. The average molecular weight is 369 g/mol. The molecular formula is C20H24FN5O. The third-order valence-corrected chi connectivity index (χ3v) is 4.40. The molecule has 3 aromatic rings. The van der Waals surface area contributed by atoms with Crippen molar-refractivity contribution in [2.75, 3.05) is 25.0 Å². The highest BCUT2D eigenvalue weighted by Gasteiger charge is 2.12. The van der Waals surface area contributed by atoms with Gasteiger partial charge in [-0.1, -0.05) is 12.1 Å². The second-order valence-electron chi connectivity index (χ2n) is 6.80. The Morgan fingerprint density at radius 1 is 1.30 bits per heavy atom. The lowest BCUT2D eigenvalue weighted by atomic mass is 10.2. The zero-order valence-electron chi connectivity index (χ0n) is 15.8. The highest BCUT2D eigenvalue weighted by Crippen LogP contribution is 2.18. The number of halogens is 1. The summed E-state index contributed by atoms with van der Waals surface area (Å²) < 4.78 is 15.6. The first-order chi connectivity index (χ1) is 13.0. The van der Waals surface area contributed by atoms with Crippen molar-refractivity contribution in [3.63, 3.8) is 0 Å². The van der Waals surface area contributed by atoms with Gasteiger partial charge < -0.3 is 10.2 Å². The lowest BCUT2D eigenvalue weighted by Crippen LogP contribution is -2.28. The number of fused-ring (bicyclic) bond motifs is 1. The molecule has 0 unspecified atom stereocenters. The van der Waals surface area contributed by atoms with E-state index < -0.39 is 0 Å². The third-order valence-electron chi connectivity index (χ3n) is 4.40. The number of carbonyl (C=O) groups excluding carboxylic acids is 1. The number of para-hydroxylation sites is 1. The van der Waals surface area contributed by atoms with E-state index in [4.69, 9.17) is 0 Å². The van der Waals surface area contributed by atoms with Gasteiger partial charge in [-0.3, -0.25) is 4.79 Å². The molecule has 0 bridgehead atoms. The fourth-order valence-corrected chi connectivity index (χ4v) is 2.94. The molecule has 0 atom stereocenters. The van der Waals surface area contributed by atoms with E-state index in [1.807, 2.05) is 30.5 Å². The predicted molar refractivity (Wildman–Crippen MR) is 105 cm³/mol. The van der Waals surface area contributed by atoms with Gasteiger partial charge in [0.1, 0.15) is 5.82 Å². The van der Waals surface area contributed by atoms with E-state index in [0.717, 1.165) is 11.0 Å². The number of nitrogens with one attached hydrogen (secondary N) is 1. The lowest BCUT2D eigenvalue weighted by Gasteiger charge is -2.19. The van der Waals surface area contributed by atoms with Crippen LogP contribution in [0.1, 0.15) is 36.7 Å². The van der Waals surface area contributed by atoms with Gasteiger partial charge in [-0.25, -0.2) is 14.1 Å². The second kappa shape index (κ2) is 8.16. The molecule has 2 aromatic heterocycles. The van der Waals surface area contributed by atoms with Crippen LogP contribution in [-0.2, 0) is 0 Å². The van der Waals surface area contributed by atoms with Crippen molar-refractivity contribution in [2.24, 2.45) is 0 Å². The smallest absolute Gasteiger partial charge is 0.252 e. The summed E-state index contributed by atoms with van der Waals surface area (Å²) in [5.74, 6) is -0.416. The fraction of sp³-hybridized carbons (Fsp3) is 0.350. The first-order valence-electron chi connectivity index (χ1n) is 9.04. The van der Waals surface area contributed by atoms with E-state index in [9.17, 15) is 9.18 Å². The van der Waals surface area contributed by atoms with Gasteiger partial charge in [0.25, 0.3) is 5.91 Å². The summed E-state index contributed by atoms with van der Waals surface area (Å²) in [4.78, 5) is 18.6. The summed E-state index contributed by atoms with van der Waals surface area (Å²) in [6, 6.07) is 8.67. The van der Waals surface area contributed by atoms with E-state index >= 15 is 0 Å². The standard InChI is InChI=1S/C20H24FN5O/c1-14(2)26-19-15(13-24-26)11-16(12-23-19)20(27)22-9-6-10-25(3)18-8-5-4-7-17(18)21/h4-5,7-8,11-14H,6,9-10H2,1-3H3,(H,22,27). The van der Waals surface area contributed by atoms with Crippen molar-refractivity contribution < 1.29 is 9.18 Å². The minimum absolute atomic E-state index is 0.171. The minimum Gasteiger partial charge on any atom is -0.372 e. The Kier molecular flexibility index (Phi) is 5.69. The monoisotopic (exact) mass is 369 g/mol. The molecule has 0 aliphatic carbocycles. The molecule has 0 aliphatic heterocycles. The number of rotatable bonds is 7. The van der Waals surface area contributed by atoms with Gasteiger partial charge in [-0.15, -0.1) is 0 Å². The summed E-state index contributed by atoms with van der Waals surface area (Å²) in [6.45, 7) is 5.21. The Hall–Kier alpha value is -2.96. The SMILES string of the molecule is CC(C)n1ncc2cc(C(=O)NCCCN(C)c3ccccc3F)cnc21. The molecule has 0 saturated heterocycles. The van der Waals surface area contributed by atoms with E-state index in [0.29, 0.717) is 30.8 Å². The molecule has 2 heterocycles. The number of hydrogen-bond donors (Lipinski definition) is 1. The Balaban J connectivity index is 1.53. The first kappa shape index (κ1) is 18.8. The first-order valence-corrected chi connectivity index (χ1v) is 9.04. The van der Waals surface area contributed by atoms with E-state index in [2.05, 4.69) is 15.4 Å². The van der Waals surface area contributed by atoms with Crippen LogP contribution in [0.3, 0.4) is 0 Å². The zero-order chi connectivity index (χ0) is 19.4. The normalized spacial score (nSPS) is 11.1. The fourth-order valence-electron chi connectivity index (χ4n) is 2.94. The molecule has 6 nitrogen and oxygen atoms in total. The maximum absolute atomic E-state index is 13.8. The van der Waals surface area contributed by atoms with Crippen LogP contribution in [0.5, 0.6) is 0 Å². The van der Waals surface area contributed by atoms with Crippen LogP contribution >= 0.6 is 0 Å². The summed E-state index contributed by atoms with van der Waals surface area (Å²) in [7, 11) is 1.84. The molecule has 27 heavy (non-hydrogen) atoms. The van der Waals surface area contributed by atoms with Crippen LogP contribution in [0, 0.1) is 5.82 Å². The van der Waals surface area contributed by atoms with Crippen LogP contribution in [0.2, 0.25) is 0 Å². The van der Waals surface area contributed by atoms with Crippen molar-refractivity contribution in [3.05, 3.63) is 54.1 Å². The number of carbonyl (C=O) groups is 1. The summed E-state index contributed by atoms with van der Waals surface area (Å²) in [5, 5.41) is 8.04. The number of pyridine rings is 1. The molecular weight excluding hydrogens is 345 g/mol. The highest BCUT2D eigenvalue weighted by atomic mass is 19.1. The third kappa shape index (κ3) is 4.24. The lowest BCUT2D eigenvalue weighted by molar-refractivity contribution is 0.0953. The van der Waals surface area contributed by atoms with E-state index in [-0.39, 0.29) is 17.8 Å². The van der Waals surface area contributed by atoms with Gasteiger partial charge in [0.15, 0.2) is 5.65 Å². The Labute approximate surface area is 158 Å². The van der Waals surface area contributed by atoms with Gasteiger partial charge in [-0.2, -0.15) is 5.10 Å². The number of aromatic nitrogens is 3. The summed E-state index contributed by atoms with van der Waals surface area (Å²) in [5.41, 5.74) is 1.84. The maximum Gasteiger partial charge on any atom is 0.252 e. The van der Waals surface area contributed by atoms with Crippen LogP contribution in [0.25, 0.3) is 11.0 Å². The van der Waals surface area contributed by atoms with Crippen LogP contribution < -0.4 is 10.2 Å². The number of anilines is 1. The topological polar surface area (TPSA) is 63.1 Å². The zero-order valence-corrected chi connectivity index (χ0v) is 15.8. The largest absolute Gasteiger partial charge is 0.372 e. The van der Waals surface area contributed by atoms with E-state index in [1.165, 1.54) is 6.07 Å². The van der Waals surface area contributed by atoms with Crippen LogP contribution in [-0.4, -0.2) is 40.8 Å². The van der Waals surface area contributed by atoms with Crippen molar-refractivity contribution in [3.8, 4) is 0 Å². The number of amides is 1. The maximum atomic E-state index is 13.8. The van der Waals surface area contributed by atoms with Gasteiger partial charge in [0.05, 0.1) is 17.4 Å². The molecule has 0 fully saturated rings. The van der Waals surface area contributed by atoms with Crippen molar-refractivity contribution in [1.82, 2.24) is 20.1 Å². The number of nitrogens with zero attached hydrogens (tertiary/aromatic N) is 4. The van der Waals surface area contributed by atoms with Gasteiger partial charge in [0.2, 0.25) is 0 Å². The Morgan fingerprint density at radius 3 is 2.81 bits per heavy atom. The summed E-state index contributed by atoms with van der Waals surface area (Å²) in [6.07, 6.45) is 4.00. The van der Waals surface area contributed by atoms with Crippen molar-refractivity contribution in [1.29, 1.82) is 0 Å². The molecule has 0 saturated carbocycles. The molecule has 0 spiro atoms. The van der Waals surface area contributed by atoms with E-state index in [1.54, 1.807) is 36.7 Å². The summed E-state index contributed by atoms with van der Waals surface area (Å²) >= 11 is 0. The average Bonchev–Trinajstić information content (AvgIpc) is 3.08. The molecule has 0 aliphatic rings. The van der Waals surface area contributed by atoms with Crippen molar-refractivity contribution in [2.45, 2.75) is 26.3 Å². The molecule has 3 rings (SSSR count). The molecule has 142 valence electrons. The second-order valence-corrected chi connectivity index (χ2v) is 6.80. The highest BCUT2D eigenvalue weighted by molar-refractivity contribution is 5.96.